The predicted molar refractivity (Wildman–Crippen MR) is 82.2 cm³/mol. The van der Waals surface area contributed by atoms with E-state index in [1.54, 1.807) is 0 Å². The zero-order chi connectivity index (χ0) is 14.3. The second-order valence-corrected chi connectivity index (χ2v) is 5.23. The maximum Gasteiger partial charge on any atom is 0.0992 e. The zero-order valence-corrected chi connectivity index (χ0v) is 11.9. The van der Waals surface area contributed by atoms with E-state index in [0.717, 1.165) is 5.69 Å². The molecule has 2 heteroatoms. The second-order valence-electron chi connectivity index (χ2n) is 5.23. The van der Waals surface area contributed by atoms with Crippen LogP contribution in [-0.4, -0.2) is 4.57 Å². The van der Waals surface area contributed by atoms with Crippen molar-refractivity contribution in [3.63, 3.8) is 0 Å². The summed E-state index contributed by atoms with van der Waals surface area (Å²) in [4.78, 5) is 0. The molecule has 2 nitrogen and oxygen atoms in total. The Morgan fingerprint density at radius 3 is 2.55 bits per heavy atom. The molecular weight excluding hydrogens is 244 g/mol. The zero-order valence-electron chi connectivity index (χ0n) is 11.9. The monoisotopic (exact) mass is 260 g/mol. The van der Waals surface area contributed by atoms with Crippen LogP contribution in [0.3, 0.4) is 0 Å². The molecule has 0 N–H and O–H groups in total. The van der Waals surface area contributed by atoms with Gasteiger partial charge >= 0.3 is 0 Å². The summed E-state index contributed by atoms with van der Waals surface area (Å²) < 4.78 is 2.23. The van der Waals surface area contributed by atoms with E-state index in [2.05, 4.69) is 49.6 Å². The molecule has 3 aromatic rings. The number of nitriles is 1. The summed E-state index contributed by atoms with van der Waals surface area (Å²) in [5, 5.41) is 10.4. The molecule has 0 atom stereocenters. The first-order chi connectivity index (χ1) is 9.61. The van der Waals surface area contributed by atoms with Gasteiger partial charge in [-0.05, 0) is 56.7 Å². The molecule has 1 aromatic heterocycles. The summed E-state index contributed by atoms with van der Waals surface area (Å²) in [5.74, 6) is 0. The third-order valence-electron chi connectivity index (χ3n) is 3.91. The highest BCUT2D eigenvalue weighted by Gasteiger charge is 2.12. The van der Waals surface area contributed by atoms with Crippen LogP contribution in [0.15, 0.2) is 42.5 Å². The quantitative estimate of drug-likeness (QED) is 0.636. The lowest BCUT2D eigenvalue weighted by Gasteiger charge is -2.09. The van der Waals surface area contributed by atoms with Gasteiger partial charge in [-0.2, -0.15) is 5.26 Å². The Kier molecular flexibility index (Phi) is 2.84. The van der Waals surface area contributed by atoms with Crippen LogP contribution >= 0.6 is 0 Å². The van der Waals surface area contributed by atoms with E-state index < -0.39 is 0 Å². The van der Waals surface area contributed by atoms with Gasteiger partial charge in [0.2, 0.25) is 0 Å². The van der Waals surface area contributed by atoms with Gasteiger partial charge in [-0.3, -0.25) is 0 Å². The SMILES string of the molecule is Cc1ccc2c(c1)c(C)c(C)n2-c1cccc(C#N)c1. The van der Waals surface area contributed by atoms with E-state index in [1.165, 1.54) is 27.7 Å². The van der Waals surface area contributed by atoms with Crippen molar-refractivity contribution in [2.75, 3.05) is 0 Å². The van der Waals surface area contributed by atoms with Crippen LogP contribution in [0.2, 0.25) is 0 Å². The fourth-order valence-corrected chi connectivity index (χ4v) is 2.74. The maximum absolute atomic E-state index is 9.07. The molecule has 0 bridgehead atoms. The summed E-state index contributed by atoms with van der Waals surface area (Å²) in [5.41, 5.74) is 6.72. The summed E-state index contributed by atoms with van der Waals surface area (Å²) in [6.45, 7) is 6.40. The fourth-order valence-electron chi connectivity index (χ4n) is 2.74. The molecule has 0 unspecified atom stereocenters. The number of aromatic nitrogens is 1. The van der Waals surface area contributed by atoms with Crippen LogP contribution in [0, 0.1) is 32.1 Å². The molecule has 2 aromatic carbocycles. The summed E-state index contributed by atoms with van der Waals surface area (Å²) in [6, 6.07) is 16.5. The molecule has 1 heterocycles. The smallest absolute Gasteiger partial charge is 0.0992 e. The van der Waals surface area contributed by atoms with Gasteiger partial charge in [0.05, 0.1) is 17.1 Å². The Labute approximate surface area is 118 Å². The van der Waals surface area contributed by atoms with Crippen LogP contribution in [0.1, 0.15) is 22.4 Å². The van der Waals surface area contributed by atoms with Crippen molar-refractivity contribution in [3.8, 4) is 11.8 Å². The lowest BCUT2D eigenvalue weighted by Crippen LogP contribution is -1.97. The standard InChI is InChI=1S/C18H16N2/c1-12-7-8-18-17(9-12)13(2)14(3)20(18)16-6-4-5-15(10-16)11-19/h4-10H,1-3H3. The van der Waals surface area contributed by atoms with Crippen LogP contribution in [-0.2, 0) is 0 Å². The van der Waals surface area contributed by atoms with Crippen molar-refractivity contribution in [2.45, 2.75) is 20.8 Å². The van der Waals surface area contributed by atoms with Gasteiger partial charge in [-0.25, -0.2) is 0 Å². The van der Waals surface area contributed by atoms with Gasteiger partial charge < -0.3 is 4.57 Å². The Morgan fingerprint density at radius 1 is 1.00 bits per heavy atom. The number of aryl methyl sites for hydroxylation is 2. The third kappa shape index (κ3) is 1.80. The summed E-state index contributed by atoms with van der Waals surface area (Å²) in [6.07, 6.45) is 0. The van der Waals surface area contributed by atoms with Crippen molar-refractivity contribution in [3.05, 3.63) is 64.8 Å². The second kappa shape index (κ2) is 4.54. The number of benzene rings is 2. The van der Waals surface area contributed by atoms with Gasteiger partial charge in [0.15, 0.2) is 0 Å². The van der Waals surface area contributed by atoms with Crippen LogP contribution in [0.25, 0.3) is 16.6 Å². The molecule has 0 aliphatic carbocycles. The van der Waals surface area contributed by atoms with Gasteiger partial charge in [-0.15, -0.1) is 0 Å². The van der Waals surface area contributed by atoms with E-state index in [9.17, 15) is 0 Å². The minimum atomic E-state index is 0.688. The first-order valence-electron chi connectivity index (χ1n) is 6.70. The lowest BCUT2D eigenvalue weighted by molar-refractivity contribution is 1.04. The molecule has 20 heavy (non-hydrogen) atoms. The number of hydrogen-bond acceptors (Lipinski definition) is 1. The normalized spacial score (nSPS) is 10.7. The van der Waals surface area contributed by atoms with Crippen molar-refractivity contribution in [1.82, 2.24) is 4.57 Å². The fraction of sp³-hybridized carbons (Fsp3) is 0.167. The molecule has 0 spiro atoms. The van der Waals surface area contributed by atoms with Crippen molar-refractivity contribution in [2.24, 2.45) is 0 Å². The largest absolute Gasteiger partial charge is 0.314 e. The molecule has 0 saturated heterocycles. The highest BCUT2D eigenvalue weighted by atomic mass is 15.0. The molecule has 0 radical (unpaired) electrons. The molecular formula is C18H16N2. The van der Waals surface area contributed by atoms with E-state index >= 15 is 0 Å². The molecule has 0 aliphatic rings. The van der Waals surface area contributed by atoms with E-state index in [1.807, 2.05) is 24.3 Å². The number of nitrogens with zero attached hydrogens (tertiary/aromatic N) is 2. The Hall–Kier alpha value is -2.53. The summed E-state index contributed by atoms with van der Waals surface area (Å²) in [7, 11) is 0. The van der Waals surface area contributed by atoms with E-state index in [-0.39, 0.29) is 0 Å². The lowest BCUT2D eigenvalue weighted by atomic mass is 10.1. The van der Waals surface area contributed by atoms with Crippen LogP contribution in [0.4, 0.5) is 0 Å². The Bertz CT molecular complexity index is 848. The predicted octanol–water partition coefficient (Wildman–Crippen LogP) is 4.43. The van der Waals surface area contributed by atoms with E-state index in [4.69, 9.17) is 5.26 Å². The third-order valence-corrected chi connectivity index (χ3v) is 3.91. The number of hydrogen-bond donors (Lipinski definition) is 0. The molecule has 0 aliphatic heterocycles. The molecule has 0 saturated carbocycles. The van der Waals surface area contributed by atoms with E-state index in [0.29, 0.717) is 5.56 Å². The average Bonchev–Trinajstić information content (AvgIpc) is 2.71. The number of fused-ring (bicyclic) bond motifs is 1. The topological polar surface area (TPSA) is 28.7 Å². The highest BCUT2D eigenvalue weighted by Crippen LogP contribution is 2.29. The molecule has 0 amide bonds. The van der Waals surface area contributed by atoms with Crippen LogP contribution in [0.5, 0.6) is 0 Å². The minimum Gasteiger partial charge on any atom is -0.314 e. The van der Waals surface area contributed by atoms with Crippen molar-refractivity contribution < 1.29 is 0 Å². The average molecular weight is 260 g/mol. The van der Waals surface area contributed by atoms with Gasteiger partial charge in [0.1, 0.15) is 0 Å². The summed E-state index contributed by atoms with van der Waals surface area (Å²) >= 11 is 0. The maximum atomic E-state index is 9.07. The first kappa shape index (κ1) is 12.5. The Morgan fingerprint density at radius 2 is 1.80 bits per heavy atom. The van der Waals surface area contributed by atoms with Crippen LogP contribution < -0.4 is 0 Å². The Balaban J connectivity index is 2.36. The minimum absolute atomic E-state index is 0.688. The van der Waals surface area contributed by atoms with Crippen molar-refractivity contribution >= 4 is 10.9 Å². The molecule has 0 fully saturated rings. The molecule has 98 valence electrons. The highest BCUT2D eigenvalue weighted by molar-refractivity contribution is 5.87. The van der Waals surface area contributed by atoms with Gasteiger partial charge in [-0.1, -0.05) is 17.7 Å². The first-order valence-corrected chi connectivity index (χ1v) is 6.70. The van der Waals surface area contributed by atoms with Crippen molar-refractivity contribution in [1.29, 1.82) is 5.26 Å². The van der Waals surface area contributed by atoms with Gasteiger partial charge in [0, 0.05) is 16.8 Å². The molecule has 3 rings (SSSR count). The number of rotatable bonds is 1. The van der Waals surface area contributed by atoms with Gasteiger partial charge in [0.25, 0.3) is 0 Å².